The second-order valence-corrected chi connectivity index (χ2v) is 8.41. The summed E-state index contributed by atoms with van der Waals surface area (Å²) >= 11 is 7.80. The van der Waals surface area contributed by atoms with Crippen molar-refractivity contribution >= 4 is 47.5 Å². The molecule has 2 heterocycles. The van der Waals surface area contributed by atoms with E-state index in [0.717, 1.165) is 31.7 Å². The number of nitrogens with zero attached hydrogens (tertiary/aromatic N) is 4. The van der Waals surface area contributed by atoms with E-state index >= 15 is 0 Å². The van der Waals surface area contributed by atoms with E-state index < -0.39 is 0 Å². The van der Waals surface area contributed by atoms with Crippen LogP contribution >= 0.6 is 23.4 Å². The zero-order valence-electron chi connectivity index (χ0n) is 15.9. The molecule has 9 heteroatoms. The standard InChI is InChI=1S/C19H23ClN6OS/c1-19(21)6-8-26(9-7-19)14-10-25-15(11-24-14)28-13-5-4-12(22-2)16(17(13)20)18(27)23-3/h4-5,10-11H,2,6-9,21H2,1,3H3,(H,23,27). The van der Waals surface area contributed by atoms with E-state index in [-0.39, 0.29) is 11.4 Å². The molecule has 1 aliphatic rings. The summed E-state index contributed by atoms with van der Waals surface area (Å²) in [5, 5.41) is 3.58. The van der Waals surface area contributed by atoms with Crippen LogP contribution in [0.1, 0.15) is 30.1 Å². The maximum atomic E-state index is 12.1. The average molecular weight is 419 g/mol. The summed E-state index contributed by atoms with van der Waals surface area (Å²) in [6.45, 7) is 7.31. The molecule has 3 rings (SSSR count). The fourth-order valence-electron chi connectivity index (χ4n) is 2.98. The first-order valence-electron chi connectivity index (χ1n) is 8.89. The van der Waals surface area contributed by atoms with Gasteiger partial charge in [-0.1, -0.05) is 23.4 Å². The summed E-state index contributed by atoms with van der Waals surface area (Å²) in [4.78, 5) is 27.9. The largest absolute Gasteiger partial charge is 0.355 e. The molecule has 1 amide bonds. The number of aliphatic imine (C=N–C) groups is 1. The summed E-state index contributed by atoms with van der Waals surface area (Å²) in [5.74, 6) is 0.525. The van der Waals surface area contributed by atoms with Crippen molar-refractivity contribution < 1.29 is 4.79 Å². The molecule has 1 saturated heterocycles. The van der Waals surface area contributed by atoms with Crippen LogP contribution in [0, 0.1) is 0 Å². The first kappa shape index (κ1) is 20.6. The van der Waals surface area contributed by atoms with Crippen molar-refractivity contribution in [3.05, 3.63) is 35.1 Å². The zero-order valence-corrected chi connectivity index (χ0v) is 17.5. The fraction of sp³-hybridized carbons (Fsp3) is 0.368. The molecule has 28 heavy (non-hydrogen) atoms. The van der Waals surface area contributed by atoms with Crippen LogP contribution in [0.25, 0.3) is 0 Å². The number of aromatic nitrogens is 2. The van der Waals surface area contributed by atoms with Crippen LogP contribution in [-0.2, 0) is 0 Å². The second kappa shape index (κ2) is 8.46. The van der Waals surface area contributed by atoms with Crippen molar-refractivity contribution in [2.75, 3.05) is 25.0 Å². The highest BCUT2D eigenvalue weighted by molar-refractivity contribution is 7.99. The lowest BCUT2D eigenvalue weighted by Gasteiger charge is -2.37. The maximum absolute atomic E-state index is 12.1. The lowest BCUT2D eigenvalue weighted by atomic mass is 9.91. The number of hydrogen-bond donors (Lipinski definition) is 2. The molecule has 1 aliphatic heterocycles. The van der Waals surface area contributed by atoms with Gasteiger partial charge in [0.25, 0.3) is 5.91 Å². The Kier molecular flexibility index (Phi) is 6.22. The predicted octanol–water partition coefficient (Wildman–Crippen LogP) is 3.29. The summed E-state index contributed by atoms with van der Waals surface area (Å²) < 4.78 is 0. The minimum absolute atomic E-state index is 0.106. The highest BCUT2D eigenvalue weighted by Gasteiger charge is 2.26. The van der Waals surface area contributed by atoms with E-state index in [1.54, 1.807) is 31.6 Å². The number of halogens is 1. The molecule has 1 aromatic heterocycles. The Bertz CT molecular complexity index is 877. The van der Waals surface area contributed by atoms with Crippen molar-refractivity contribution in [3.63, 3.8) is 0 Å². The van der Waals surface area contributed by atoms with Crippen LogP contribution in [0.2, 0.25) is 5.02 Å². The molecule has 0 atom stereocenters. The normalized spacial score (nSPS) is 15.9. The minimum Gasteiger partial charge on any atom is -0.355 e. The number of carbonyl (C=O) groups excluding carboxylic acids is 1. The minimum atomic E-state index is -0.312. The Morgan fingerprint density at radius 2 is 2.07 bits per heavy atom. The molecule has 7 nitrogen and oxygen atoms in total. The molecule has 0 unspecified atom stereocenters. The SMILES string of the molecule is C=Nc1ccc(Sc2cnc(N3CCC(C)(N)CC3)cn2)c(Cl)c1C(=O)NC. The molecule has 1 fully saturated rings. The van der Waals surface area contributed by atoms with E-state index in [9.17, 15) is 4.79 Å². The third-order valence-corrected chi connectivity index (χ3v) is 6.25. The molecule has 0 bridgehead atoms. The van der Waals surface area contributed by atoms with Crippen LogP contribution in [0.4, 0.5) is 11.5 Å². The molecule has 1 aromatic carbocycles. The number of benzene rings is 1. The molecule has 148 valence electrons. The number of piperidine rings is 1. The van der Waals surface area contributed by atoms with Gasteiger partial charge >= 0.3 is 0 Å². The number of anilines is 1. The van der Waals surface area contributed by atoms with E-state index in [1.807, 2.05) is 0 Å². The van der Waals surface area contributed by atoms with Crippen LogP contribution in [-0.4, -0.2) is 48.3 Å². The quantitative estimate of drug-likeness (QED) is 0.723. The Hall–Kier alpha value is -2.16. The fourth-order valence-corrected chi connectivity index (χ4v) is 4.11. The van der Waals surface area contributed by atoms with Crippen molar-refractivity contribution in [2.45, 2.75) is 35.2 Å². The van der Waals surface area contributed by atoms with Gasteiger partial charge in [-0.3, -0.25) is 9.79 Å². The first-order valence-corrected chi connectivity index (χ1v) is 10.1. The number of nitrogens with two attached hydrogens (primary N) is 1. The summed E-state index contributed by atoms with van der Waals surface area (Å²) in [6, 6.07) is 3.51. The second-order valence-electron chi connectivity index (χ2n) is 6.97. The maximum Gasteiger partial charge on any atom is 0.254 e. The molecule has 0 aliphatic carbocycles. The number of nitrogens with one attached hydrogen (secondary N) is 1. The highest BCUT2D eigenvalue weighted by atomic mass is 35.5. The molecule has 0 radical (unpaired) electrons. The Balaban J connectivity index is 1.77. The van der Waals surface area contributed by atoms with Crippen molar-refractivity contribution in [1.29, 1.82) is 0 Å². The van der Waals surface area contributed by atoms with Gasteiger partial charge in [-0.25, -0.2) is 9.97 Å². The highest BCUT2D eigenvalue weighted by Crippen LogP contribution is 2.38. The van der Waals surface area contributed by atoms with Gasteiger partial charge in [-0.05, 0) is 38.6 Å². The third-order valence-electron chi connectivity index (χ3n) is 4.77. The topological polar surface area (TPSA) is 96.5 Å². The van der Waals surface area contributed by atoms with E-state index in [1.165, 1.54) is 11.8 Å². The van der Waals surface area contributed by atoms with E-state index in [2.05, 4.69) is 38.8 Å². The average Bonchev–Trinajstić information content (AvgIpc) is 2.69. The zero-order chi connectivity index (χ0) is 20.3. The monoisotopic (exact) mass is 418 g/mol. The van der Waals surface area contributed by atoms with Gasteiger partial charge in [-0.15, -0.1) is 0 Å². The number of amides is 1. The molecule has 3 N–H and O–H groups in total. The van der Waals surface area contributed by atoms with E-state index in [0.29, 0.717) is 26.2 Å². The van der Waals surface area contributed by atoms with Crippen molar-refractivity contribution in [2.24, 2.45) is 10.7 Å². The lowest BCUT2D eigenvalue weighted by molar-refractivity contribution is 0.0963. The summed E-state index contributed by atoms with van der Waals surface area (Å²) in [6.07, 6.45) is 5.32. The van der Waals surface area contributed by atoms with Gasteiger partial charge in [0.1, 0.15) is 10.8 Å². The van der Waals surface area contributed by atoms with Crippen LogP contribution in [0.15, 0.2) is 39.4 Å². The summed E-state index contributed by atoms with van der Waals surface area (Å²) in [5.41, 5.74) is 6.82. The smallest absolute Gasteiger partial charge is 0.254 e. The molecular weight excluding hydrogens is 396 g/mol. The van der Waals surface area contributed by atoms with E-state index in [4.69, 9.17) is 17.3 Å². The van der Waals surface area contributed by atoms with Crippen molar-refractivity contribution in [1.82, 2.24) is 15.3 Å². The van der Waals surface area contributed by atoms with Gasteiger partial charge in [0.15, 0.2) is 0 Å². The van der Waals surface area contributed by atoms with Gasteiger partial charge in [0, 0.05) is 30.6 Å². The van der Waals surface area contributed by atoms with Crippen LogP contribution < -0.4 is 16.0 Å². The van der Waals surface area contributed by atoms with Gasteiger partial charge in [0.2, 0.25) is 0 Å². The first-order chi connectivity index (χ1) is 13.3. The van der Waals surface area contributed by atoms with Crippen LogP contribution in [0.5, 0.6) is 0 Å². The molecule has 0 spiro atoms. The van der Waals surface area contributed by atoms with Crippen molar-refractivity contribution in [3.8, 4) is 0 Å². The molecule has 0 saturated carbocycles. The molecular formula is C19H23ClN6OS. The third kappa shape index (κ3) is 4.45. The predicted molar refractivity (Wildman–Crippen MR) is 114 cm³/mol. The number of hydrogen-bond acceptors (Lipinski definition) is 7. The lowest BCUT2D eigenvalue weighted by Crippen LogP contribution is -2.48. The van der Waals surface area contributed by atoms with Crippen LogP contribution in [0.3, 0.4) is 0 Å². The van der Waals surface area contributed by atoms with Gasteiger partial charge in [-0.2, -0.15) is 0 Å². The molecule has 2 aromatic rings. The van der Waals surface area contributed by atoms with Gasteiger partial charge < -0.3 is 16.0 Å². The Morgan fingerprint density at radius 3 is 2.64 bits per heavy atom. The Labute approximate surface area is 173 Å². The number of carbonyl (C=O) groups is 1. The Morgan fingerprint density at radius 1 is 1.36 bits per heavy atom. The number of rotatable bonds is 5. The van der Waals surface area contributed by atoms with Gasteiger partial charge in [0.05, 0.1) is 28.7 Å². The summed E-state index contributed by atoms with van der Waals surface area (Å²) in [7, 11) is 1.55.